The van der Waals surface area contributed by atoms with Crippen molar-refractivity contribution in [1.29, 1.82) is 0 Å². The Labute approximate surface area is 205 Å². The van der Waals surface area contributed by atoms with Crippen molar-refractivity contribution >= 4 is 45.9 Å². The molecule has 2 aromatic heterocycles. The lowest BCUT2D eigenvalue weighted by molar-refractivity contribution is -0.116. The fraction of sp³-hybridized carbons (Fsp3) is 0.304. The summed E-state index contributed by atoms with van der Waals surface area (Å²) in [4.78, 5) is 18.7. The third-order valence-corrected chi connectivity index (χ3v) is 6.93. The van der Waals surface area contributed by atoms with Gasteiger partial charge in [-0.05, 0) is 37.3 Å². The van der Waals surface area contributed by atoms with Crippen LogP contribution in [0.5, 0.6) is 0 Å². The number of nitrogens with zero attached hydrogens (tertiary/aromatic N) is 4. The van der Waals surface area contributed by atoms with E-state index in [2.05, 4.69) is 30.7 Å². The average molecular weight is 503 g/mol. The summed E-state index contributed by atoms with van der Waals surface area (Å²) in [5.41, 5.74) is 2.53. The maximum absolute atomic E-state index is 14.3. The Morgan fingerprint density at radius 3 is 2.79 bits per heavy atom. The van der Waals surface area contributed by atoms with Crippen LogP contribution in [0.1, 0.15) is 12.1 Å². The van der Waals surface area contributed by atoms with Crippen LogP contribution in [-0.4, -0.2) is 61.7 Å². The quantitative estimate of drug-likeness (QED) is 0.473. The van der Waals surface area contributed by atoms with Crippen molar-refractivity contribution in [3.05, 3.63) is 59.1 Å². The average Bonchev–Trinajstić information content (AvgIpc) is 2.82. The maximum Gasteiger partial charge on any atom is 0.226 e. The molecule has 1 saturated heterocycles. The van der Waals surface area contributed by atoms with E-state index in [1.807, 2.05) is 0 Å². The Balaban J connectivity index is 1.41. The number of amides is 1. The van der Waals surface area contributed by atoms with Gasteiger partial charge >= 0.3 is 0 Å². The van der Waals surface area contributed by atoms with Gasteiger partial charge in [0.2, 0.25) is 5.91 Å². The largest absolute Gasteiger partial charge is 0.616 e. The molecule has 4 rings (SSSR count). The highest BCUT2D eigenvalue weighted by atomic mass is 35.5. The molecule has 0 unspecified atom stereocenters. The normalized spacial score (nSPS) is 14.7. The Bertz CT molecular complexity index is 1180. The summed E-state index contributed by atoms with van der Waals surface area (Å²) in [6, 6.07) is 9.42. The van der Waals surface area contributed by atoms with Gasteiger partial charge in [0.05, 0.1) is 17.1 Å². The number of carbonyl (C=O) groups excluding carboxylic acids is 1. The minimum Gasteiger partial charge on any atom is -0.616 e. The highest BCUT2D eigenvalue weighted by Crippen LogP contribution is 2.28. The number of hydrogen-bond donors (Lipinski definition) is 2. The van der Waals surface area contributed by atoms with Crippen LogP contribution in [0, 0.1) is 12.7 Å². The van der Waals surface area contributed by atoms with Gasteiger partial charge in [-0.3, -0.25) is 9.69 Å². The first-order valence-electron chi connectivity index (χ1n) is 10.8. The Hall–Kier alpha value is -2.79. The number of halogens is 2. The molecule has 34 heavy (non-hydrogen) atoms. The highest BCUT2D eigenvalue weighted by molar-refractivity contribution is 7.91. The van der Waals surface area contributed by atoms with Crippen molar-refractivity contribution in [1.82, 2.24) is 20.1 Å². The van der Waals surface area contributed by atoms with Crippen LogP contribution in [0.15, 0.2) is 42.6 Å². The molecule has 178 valence electrons. The molecule has 0 spiro atoms. The predicted octanol–water partition coefficient (Wildman–Crippen LogP) is 3.78. The van der Waals surface area contributed by atoms with Crippen molar-refractivity contribution in [3.8, 4) is 11.3 Å². The first-order valence-corrected chi connectivity index (χ1v) is 12.6. The van der Waals surface area contributed by atoms with Crippen LogP contribution in [0.4, 0.5) is 21.6 Å². The number of benzene rings is 1. The van der Waals surface area contributed by atoms with E-state index in [4.69, 9.17) is 11.6 Å². The summed E-state index contributed by atoms with van der Waals surface area (Å²) >= 11 is 5.28. The van der Waals surface area contributed by atoms with E-state index >= 15 is 0 Å². The van der Waals surface area contributed by atoms with E-state index in [0.29, 0.717) is 58.1 Å². The van der Waals surface area contributed by atoms with Crippen LogP contribution in [0.25, 0.3) is 11.3 Å². The number of aromatic nitrogens is 3. The van der Waals surface area contributed by atoms with E-state index in [0.717, 1.165) is 13.1 Å². The van der Waals surface area contributed by atoms with E-state index in [1.54, 1.807) is 31.3 Å². The highest BCUT2D eigenvalue weighted by Gasteiger charge is 2.19. The lowest BCUT2D eigenvalue weighted by Gasteiger charge is -2.27. The zero-order chi connectivity index (χ0) is 24.1. The lowest BCUT2D eigenvalue weighted by Crippen LogP contribution is -2.41. The smallest absolute Gasteiger partial charge is 0.226 e. The monoisotopic (exact) mass is 502 g/mol. The van der Waals surface area contributed by atoms with Crippen LogP contribution in [0.3, 0.4) is 0 Å². The second-order valence-electron chi connectivity index (χ2n) is 7.90. The molecular weight excluding hydrogens is 479 g/mol. The van der Waals surface area contributed by atoms with E-state index < -0.39 is 17.0 Å². The van der Waals surface area contributed by atoms with Gasteiger partial charge in [0.25, 0.3) is 0 Å². The molecule has 8 nitrogen and oxygen atoms in total. The molecule has 0 atom stereocenters. The van der Waals surface area contributed by atoms with Crippen LogP contribution < -0.4 is 10.6 Å². The Morgan fingerprint density at radius 2 is 2.00 bits per heavy atom. The predicted molar refractivity (Wildman–Crippen MR) is 132 cm³/mol. The van der Waals surface area contributed by atoms with Gasteiger partial charge in [0, 0.05) is 54.6 Å². The van der Waals surface area contributed by atoms with Crippen molar-refractivity contribution in [3.63, 3.8) is 0 Å². The van der Waals surface area contributed by atoms with Crippen molar-refractivity contribution in [2.75, 3.05) is 41.8 Å². The van der Waals surface area contributed by atoms with Gasteiger partial charge < -0.3 is 15.2 Å². The molecule has 0 bridgehead atoms. The van der Waals surface area contributed by atoms with Gasteiger partial charge in [0.1, 0.15) is 23.1 Å². The molecule has 3 aromatic rings. The molecule has 1 fully saturated rings. The van der Waals surface area contributed by atoms with Crippen LogP contribution in [-0.2, 0) is 16.0 Å². The summed E-state index contributed by atoms with van der Waals surface area (Å²) in [7, 11) is 0. The summed E-state index contributed by atoms with van der Waals surface area (Å²) in [6.07, 6.45) is 1.91. The molecule has 0 saturated carbocycles. The number of anilines is 3. The number of nitrogens with one attached hydrogen (secondary N) is 2. The minimum absolute atomic E-state index is 0.142. The Kier molecular flexibility index (Phi) is 7.94. The summed E-state index contributed by atoms with van der Waals surface area (Å²) < 4.78 is 25.7. The lowest BCUT2D eigenvalue weighted by atomic mass is 10.1. The first-order chi connectivity index (χ1) is 16.4. The van der Waals surface area contributed by atoms with E-state index in [1.165, 1.54) is 18.2 Å². The van der Waals surface area contributed by atoms with Crippen molar-refractivity contribution < 1.29 is 13.7 Å². The maximum atomic E-state index is 14.3. The first kappa shape index (κ1) is 24.3. The van der Waals surface area contributed by atoms with Crippen molar-refractivity contribution in [2.45, 2.75) is 13.3 Å². The molecule has 1 amide bonds. The topological polar surface area (TPSA) is 106 Å². The van der Waals surface area contributed by atoms with Crippen LogP contribution in [0.2, 0.25) is 5.02 Å². The van der Waals surface area contributed by atoms with Gasteiger partial charge in [0.15, 0.2) is 0 Å². The summed E-state index contributed by atoms with van der Waals surface area (Å²) in [5.74, 6) is 1.14. The minimum atomic E-state index is -0.735. The van der Waals surface area contributed by atoms with E-state index in [-0.39, 0.29) is 11.5 Å². The van der Waals surface area contributed by atoms with Gasteiger partial charge in [-0.2, -0.15) is 10.2 Å². The Morgan fingerprint density at radius 1 is 1.21 bits per heavy atom. The summed E-state index contributed by atoms with van der Waals surface area (Å²) in [6.45, 7) is 3.90. The van der Waals surface area contributed by atoms with Crippen molar-refractivity contribution in [2.24, 2.45) is 0 Å². The number of aryl methyl sites for hydroxylation is 1. The molecule has 0 radical (unpaired) electrons. The fourth-order valence-corrected chi connectivity index (χ4v) is 4.80. The zero-order valence-electron chi connectivity index (χ0n) is 18.6. The van der Waals surface area contributed by atoms with Gasteiger partial charge in [-0.25, -0.2) is 9.37 Å². The molecule has 3 heterocycles. The molecule has 2 N–H and O–H groups in total. The van der Waals surface area contributed by atoms with Gasteiger partial charge in [-0.15, -0.1) is 0 Å². The standard InChI is InChI=1S/C23H24ClFN6O2S/c1-15-20(14-21(30-29-15)18-12-16(24)2-3-19(18)25)27-17-4-6-26-22(13-17)28-23(32)5-7-31-8-10-34(33)11-9-31/h2-4,6,12-14H,5,7-11H2,1H3,(H2,26,27,28,30,32). The number of carbonyl (C=O) groups is 1. The third-order valence-electron chi connectivity index (χ3n) is 5.41. The fourth-order valence-electron chi connectivity index (χ4n) is 3.50. The molecule has 1 aromatic carbocycles. The second-order valence-corrected chi connectivity index (χ2v) is 10.0. The van der Waals surface area contributed by atoms with Gasteiger partial charge in [-0.1, -0.05) is 22.8 Å². The number of hydrogen-bond acceptors (Lipinski definition) is 7. The number of pyridine rings is 1. The molecule has 0 aliphatic carbocycles. The second kappa shape index (κ2) is 11.1. The van der Waals surface area contributed by atoms with Crippen LogP contribution >= 0.6 is 11.6 Å². The third kappa shape index (κ3) is 6.41. The summed E-state index contributed by atoms with van der Waals surface area (Å²) in [5, 5.41) is 14.7. The molecule has 1 aliphatic heterocycles. The zero-order valence-corrected chi connectivity index (χ0v) is 20.1. The SMILES string of the molecule is Cc1nnc(-c2cc(Cl)ccc2F)cc1Nc1ccnc(NC(=O)CCN2CC[S+]([O-])CC2)c1. The number of rotatable bonds is 7. The van der Waals surface area contributed by atoms with E-state index in [9.17, 15) is 13.7 Å². The molecular formula is C23H24ClFN6O2S. The molecule has 11 heteroatoms. The molecule has 1 aliphatic rings.